The largest absolute Gasteiger partial charge is 0.489 e. The molecule has 120 valence electrons. The van der Waals surface area contributed by atoms with Gasteiger partial charge in [0.1, 0.15) is 12.4 Å². The minimum atomic E-state index is 0.0349. The van der Waals surface area contributed by atoms with Gasteiger partial charge in [-0.25, -0.2) is 0 Å². The Morgan fingerprint density at radius 2 is 1.50 bits per heavy atom. The fourth-order valence-corrected chi connectivity index (χ4v) is 2.56. The third-order valence-electron chi connectivity index (χ3n) is 3.99. The molecule has 3 rings (SSSR count). The van der Waals surface area contributed by atoms with Gasteiger partial charge in [-0.15, -0.1) is 0 Å². The van der Waals surface area contributed by atoms with E-state index in [1.165, 1.54) is 0 Å². The molecule has 0 spiro atoms. The number of rotatable bonds is 5. The Morgan fingerprint density at radius 3 is 2.17 bits per heavy atom. The van der Waals surface area contributed by atoms with Gasteiger partial charge in [0.15, 0.2) is 5.78 Å². The average Bonchev–Trinajstić information content (AvgIpc) is 2.61. The Hall–Kier alpha value is -2.87. The lowest BCUT2D eigenvalue weighted by molar-refractivity contribution is 0.103. The summed E-state index contributed by atoms with van der Waals surface area (Å²) >= 11 is 0. The lowest BCUT2D eigenvalue weighted by Crippen LogP contribution is -2.03. The summed E-state index contributed by atoms with van der Waals surface area (Å²) in [7, 11) is 0. The summed E-state index contributed by atoms with van der Waals surface area (Å²) < 4.78 is 5.87. The summed E-state index contributed by atoms with van der Waals surface area (Å²) in [6.45, 7) is 4.50. The van der Waals surface area contributed by atoms with E-state index >= 15 is 0 Å². The Bertz CT molecular complexity index is 834. The van der Waals surface area contributed by atoms with Crippen molar-refractivity contribution in [1.29, 1.82) is 0 Å². The SMILES string of the molecule is Cc1ccc(C(=O)c2ccc(OCc3ccccc3)c(C)c2)cc1. The molecule has 0 saturated carbocycles. The van der Waals surface area contributed by atoms with E-state index in [-0.39, 0.29) is 5.78 Å². The highest BCUT2D eigenvalue weighted by Crippen LogP contribution is 2.22. The van der Waals surface area contributed by atoms with Crippen LogP contribution in [0.3, 0.4) is 0 Å². The first-order valence-electron chi connectivity index (χ1n) is 8.02. The maximum atomic E-state index is 12.6. The summed E-state index contributed by atoms with van der Waals surface area (Å²) in [6.07, 6.45) is 0. The van der Waals surface area contributed by atoms with Gasteiger partial charge < -0.3 is 4.74 Å². The Labute approximate surface area is 142 Å². The van der Waals surface area contributed by atoms with Crippen molar-refractivity contribution >= 4 is 5.78 Å². The molecule has 0 aliphatic rings. The summed E-state index contributed by atoms with van der Waals surface area (Å²) in [6, 6.07) is 23.3. The van der Waals surface area contributed by atoms with Crippen molar-refractivity contribution < 1.29 is 9.53 Å². The van der Waals surface area contributed by atoms with Gasteiger partial charge >= 0.3 is 0 Å². The van der Waals surface area contributed by atoms with Gasteiger partial charge in [0.25, 0.3) is 0 Å². The zero-order chi connectivity index (χ0) is 16.9. The number of benzene rings is 3. The molecule has 0 saturated heterocycles. The lowest BCUT2D eigenvalue weighted by atomic mass is 10.0. The quantitative estimate of drug-likeness (QED) is 0.611. The first-order valence-corrected chi connectivity index (χ1v) is 8.02. The van der Waals surface area contributed by atoms with E-state index in [0.717, 1.165) is 22.4 Å². The predicted octanol–water partition coefficient (Wildman–Crippen LogP) is 5.11. The van der Waals surface area contributed by atoms with E-state index in [9.17, 15) is 4.79 Å². The summed E-state index contributed by atoms with van der Waals surface area (Å²) in [5.74, 6) is 0.840. The summed E-state index contributed by atoms with van der Waals surface area (Å²) in [5.41, 5.74) is 4.62. The molecule has 3 aromatic rings. The molecule has 0 N–H and O–H groups in total. The van der Waals surface area contributed by atoms with Crippen LogP contribution in [-0.4, -0.2) is 5.78 Å². The van der Waals surface area contributed by atoms with Gasteiger partial charge in [-0.05, 0) is 43.2 Å². The van der Waals surface area contributed by atoms with Crippen LogP contribution in [0.2, 0.25) is 0 Å². The van der Waals surface area contributed by atoms with Gasteiger partial charge in [-0.3, -0.25) is 4.79 Å². The summed E-state index contributed by atoms with van der Waals surface area (Å²) in [4.78, 5) is 12.6. The van der Waals surface area contributed by atoms with Crippen molar-refractivity contribution in [3.8, 4) is 5.75 Å². The zero-order valence-corrected chi connectivity index (χ0v) is 14.0. The molecular formula is C22H20O2. The van der Waals surface area contributed by atoms with Crippen LogP contribution in [-0.2, 0) is 6.61 Å². The lowest BCUT2D eigenvalue weighted by Gasteiger charge is -2.11. The van der Waals surface area contributed by atoms with Crippen LogP contribution in [0.25, 0.3) is 0 Å². The Kier molecular flexibility index (Phi) is 4.76. The van der Waals surface area contributed by atoms with Crippen LogP contribution in [0.1, 0.15) is 32.6 Å². The molecular weight excluding hydrogens is 296 g/mol. The van der Waals surface area contributed by atoms with E-state index in [0.29, 0.717) is 17.7 Å². The molecule has 0 radical (unpaired) electrons. The number of ether oxygens (including phenoxy) is 1. The van der Waals surface area contributed by atoms with E-state index in [2.05, 4.69) is 0 Å². The molecule has 2 heteroatoms. The standard InChI is InChI=1S/C22H20O2/c1-16-8-10-19(11-9-16)22(23)20-12-13-21(17(2)14-20)24-15-18-6-4-3-5-7-18/h3-14H,15H2,1-2H3. The maximum absolute atomic E-state index is 12.6. The summed E-state index contributed by atoms with van der Waals surface area (Å²) in [5, 5.41) is 0. The molecule has 0 aromatic heterocycles. The van der Waals surface area contributed by atoms with Crippen molar-refractivity contribution in [3.05, 3.63) is 101 Å². The third-order valence-corrected chi connectivity index (χ3v) is 3.99. The van der Waals surface area contributed by atoms with Gasteiger partial charge in [0.2, 0.25) is 0 Å². The molecule has 0 aliphatic heterocycles. The zero-order valence-electron chi connectivity index (χ0n) is 14.0. The number of carbonyl (C=O) groups is 1. The highest BCUT2D eigenvalue weighted by atomic mass is 16.5. The predicted molar refractivity (Wildman–Crippen MR) is 96.6 cm³/mol. The van der Waals surface area contributed by atoms with Crippen molar-refractivity contribution in [3.63, 3.8) is 0 Å². The fraction of sp³-hybridized carbons (Fsp3) is 0.136. The van der Waals surface area contributed by atoms with Gasteiger partial charge in [-0.1, -0.05) is 60.2 Å². The molecule has 0 amide bonds. The van der Waals surface area contributed by atoms with E-state index in [1.807, 2.05) is 86.6 Å². The first kappa shape index (κ1) is 16.0. The van der Waals surface area contributed by atoms with E-state index in [4.69, 9.17) is 4.74 Å². The monoisotopic (exact) mass is 316 g/mol. The molecule has 0 aliphatic carbocycles. The first-order chi connectivity index (χ1) is 11.6. The average molecular weight is 316 g/mol. The molecule has 0 bridgehead atoms. The van der Waals surface area contributed by atoms with Crippen LogP contribution in [0.5, 0.6) is 5.75 Å². The van der Waals surface area contributed by atoms with Crippen LogP contribution in [0.4, 0.5) is 0 Å². The molecule has 0 atom stereocenters. The highest BCUT2D eigenvalue weighted by molar-refractivity contribution is 6.09. The number of ketones is 1. The van der Waals surface area contributed by atoms with Crippen molar-refractivity contribution in [2.75, 3.05) is 0 Å². The fourth-order valence-electron chi connectivity index (χ4n) is 2.56. The second-order valence-electron chi connectivity index (χ2n) is 5.95. The van der Waals surface area contributed by atoms with Crippen LogP contribution >= 0.6 is 0 Å². The number of carbonyl (C=O) groups excluding carboxylic acids is 1. The second kappa shape index (κ2) is 7.14. The molecule has 24 heavy (non-hydrogen) atoms. The second-order valence-corrected chi connectivity index (χ2v) is 5.95. The molecule has 3 aromatic carbocycles. The molecule has 2 nitrogen and oxygen atoms in total. The van der Waals surface area contributed by atoms with Gasteiger partial charge in [0, 0.05) is 11.1 Å². The van der Waals surface area contributed by atoms with Crippen molar-refractivity contribution in [1.82, 2.24) is 0 Å². The maximum Gasteiger partial charge on any atom is 0.193 e. The smallest absolute Gasteiger partial charge is 0.193 e. The molecule has 0 heterocycles. The normalized spacial score (nSPS) is 10.4. The third kappa shape index (κ3) is 3.72. The number of aryl methyl sites for hydroxylation is 2. The van der Waals surface area contributed by atoms with Crippen LogP contribution in [0, 0.1) is 13.8 Å². The Morgan fingerprint density at radius 1 is 0.833 bits per heavy atom. The molecule has 0 fully saturated rings. The van der Waals surface area contributed by atoms with Gasteiger partial charge in [-0.2, -0.15) is 0 Å². The van der Waals surface area contributed by atoms with Crippen molar-refractivity contribution in [2.24, 2.45) is 0 Å². The minimum Gasteiger partial charge on any atom is -0.489 e. The molecule has 0 unspecified atom stereocenters. The van der Waals surface area contributed by atoms with Crippen molar-refractivity contribution in [2.45, 2.75) is 20.5 Å². The van der Waals surface area contributed by atoms with Gasteiger partial charge in [0.05, 0.1) is 0 Å². The number of hydrogen-bond acceptors (Lipinski definition) is 2. The number of hydrogen-bond donors (Lipinski definition) is 0. The van der Waals surface area contributed by atoms with Crippen LogP contribution < -0.4 is 4.74 Å². The minimum absolute atomic E-state index is 0.0349. The van der Waals surface area contributed by atoms with Crippen LogP contribution in [0.15, 0.2) is 72.8 Å². The topological polar surface area (TPSA) is 26.3 Å². The Balaban J connectivity index is 1.74. The van der Waals surface area contributed by atoms with E-state index < -0.39 is 0 Å². The van der Waals surface area contributed by atoms with E-state index in [1.54, 1.807) is 0 Å². The highest BCUT2D eigenvalue weighted by Gasteiger charge is 2.11.